The third-order valence-electron chi connectivity index (χ3n) is 2.88. The van der Waals surface area contributed by atoms with Gasteiger partial charge in [-0.25, -0.2) is 4.79 Å². The van der Waals surface area contributed by atoms with Crippen LogP contribution in [0.15, 0.2) is 24.3 Å². The Labute approximate surface area is 112 Å². The first kappa shape index (κ1) is 15.0. The first-order valence-electron chi connectivity index (χ1n) is 6.13. The molecule has 0 aromatic heterocycles. The first-order chi connectivity index (χ1) is 8.92. The molecule has 0 fully saturated rings. The number of phenols is 1. The van der Waals surface area contributed by atoms with Crippen LogP contribution in [-0.4, -0.2) is 29.6 Å². The van der Waals surface area contributed by atoms with Crippen molar-refractivity contribution in [2.75, 3.05) is 7.11 Å². The molecule has 1 aromatic carbocycles. The average molecular weight is 265 g/mol. The highest BCUT2D eigenvalue weighted by Gasteiger charge is 2.35. The van der Waals surface area contributed by atoms with E-state index in [1.165, 1.54) is 19.2 Å². The van der Waals surface area contributed by atoms with Gasteiger partial charge in [0.2, 0.25) is 0 Å². The number of hydrogen-bond acceptors (Lipinski definition) is 4. The molecule has 5 nitrogen and oxygen atoms in total. The monoisotopic (exact) mass is 265 g/mol. The van der Waals surface area contributed by atoms with Crippen LogP contribution < -0.4 is 5.32 Å². The summed E-state index contributed by atoms with van der Waals surface area (Å²) in [5.41, 5.74) is -0.766. The third-order valence-corrected chi connectivity index (χ3v) is 2.88. The highest BCUT2D eigenvalue weighted by Crippen LogP contribution is 2.17. The molecule has 1 aromatic rings. The molecular formula is C14H19NO4. The van der Waals surface area contributed by atoms with Gasteiger partial charge in [-0.15, -0.1) is 0 Å². The van der Waals surface area contributed by atoms with E-state index in [1.54, 1.807) is 19.1 Å². The Morgan fingerprint density at radius 1 is 1.42 bits per heavy atom. The molecular weight excluding hydrogens is 246 g/mol. The quantitative estimate of drug-likeness (QED) is 0.797. The van der Waals surface area contributed by atoms with Gasteiger partial charge >= 0.3 is 5.97 Å². The normalized spacial score (nSPS) is 13.4. The van der Waals surface area contributed by atoms with E-state index in [0.717, 1.165) is 6.42 Å². The maximum absolute atomic E-state index is 12.1. The van der Waals surface area contributed by atoms with Gasteiger partial charge < -0.3 is 15.2 Å². The smallest absolute Gasteiger partial charge is 0.331 e. The Balaban J connectivity index is 2.91. The highest BCUT2D eigenvalue weighted by molar-refractivity contribution is 5.98. The number of rotatable bonds is 5. The van der Waals surface area contributed by atoms with Crippen molar-refractivity contribution in [3.05, 3.63) is 29.8 Å². The molecule has 104 valence electrons. The van der Waals surface area contributed by atoms with Gasteiger partial charge in [-0.2, -0.15) is 0 Å². The van der Waals surface area contributed by atoms with E-state index in [0.29, 0.717) is 12.0 Å². The molecule has 2 N–H and O–H groups in total. The number of phenolic OH excluding ortho intramolecular Hbond substituents is 1. The second-order valence-corrected chi connectivity index (χ2v) is 4.58. The van der Waals surface area contributed by atoms with Crippen LogP contribution >= 0.6 is 0 Å². The minimum atomic E-state index is -1.06. The van der Waals surface area contributed by atoms with Crippen LogP contribution in [0.1, 0.15) is 37.0 Å². The molecule has 5 heteroatoms. The van der Waals surface area contributed by atoms with Crippen molar-refractivity contribution in [2.24, 2.45) is 0 Å². The van der Waals surface area contributed by atoms with Crippen LogP contribution in [0.5, 0.6) is 5.75 Å². The standard InChI is InChI=1S/C14H19NO4/c1-4-8-14(2,13(18)19-3)15-12(17)10-6-5-7-11(16)9-10/h5-7,9,16H,4,8H2,1-3H3,(H,15,17). The SMILES string of the molecule is CCCC(C)(NC(=O)c1cccc(O)c1)C(=O)OC. The number of benzene rings is 1. The number of hydrogen-bond donors (Lipinski definition) is 2. The van der Waals surface area contributed by atoms with E-state index >= 15 is 0 Å². The number of ether oxygens (including phenoxy) is 1. The van der Waals surface area contributed by atoms with Crippen molar-refractivity contribution in [3.8, 4) is 5.75 Å². The Kier molecular flexibility index (Phi) is 4.92. The molecule has 19 heavy (non-hydrogen) atoms. The molecule has 0 bridgehead atoms. The summed E-state index contributed by atoms with van der Waals surface area (Å²) in [7, 11) is 1.29. The summed E-state index contributed by atoms with van der Waals surface area (Å²) in [6.07, 6.45) is 1.20. The molecule has 1 rings (SSSR count). The summed E-state index contributed by atoms with van der Waals surface area (Å²) < 4.78 is 4.73. The van der Waals surface area contributed by atoms with Gasteiger partial charge in [0.1, 0.15) is 11.3 Å². The Morgan fingerprint density at radius 3 is 2.63 bits per heavy atom. The number of methoxy groups -OCH3 is 1. The van der Waals surface area contributed by atoms with Gasteiger partial charge in [0.05, 0.1) is 7.11 Å². The lowest BCUT2D eigenvalue weighted by atomic mass is 9.95. The molecule has 0 radical (unpaired) electrons. The molecule has 1 amide bonds. The summed E-state index contributed by atoms with van der Waals surface area (Å²) in [6, 6.07) is 5.96. The van der Waals surface area contributed by atoms with Crippen molar-refractivity contribution >= 4 is 11.9 Å². The molecule has 1 atom stereocenters. The minimum absolute atomic E-state index is 0.00270. The second kappa shape index (κ2) is 6.22. The van der Waals surface area contributed by atoms with E-state index < -0.39 is 17.4 Å². The average Bonchev–Trinajstić information content (AvgIpc) is 2.37. The Morgan fingerprint density at radius 2 is 2.11 bits per heavy atom. The van der Waals surface area contributed by atoms with E-state index in [9.17, 15) is 14.7 Å². The van der Waals surface area contributed by atoms with Crippen LogP contribution in [0, 0.1) is 0 Å². The Bertz CT molecular complexity index is 472. The fourth-order valence-corrected chi connectivity index (χ4v) is 1.91. The van der Waals surface area contributed by atoms with Gasteiger partial charge in [0.15, 0.2) is 0 Å². The number of nitrogens with one attached hydrogen (secondary N) is 1. The first-order valence-corrected chi connectivity index (χ1v) is 6.13. The molecule has 0 saturated heterocycles. The molecule has 0 aliphatic heterocycles. The van der Waals surface area contributed by atoms with Crippen molar-refractivity contribution < 1.29 is 19.4 Å². The topological polar surface area (TPSA) is 75.6 Å². The predicted molar refractivity (Wildman–Crippen MR) is 70.9 cm³/mol. The maximum Gasteiger partial charge on any atom is 0.331 e. The summed E-state index contributed by atoms with van der Waals surface area (Å²) in [5, 5.41) is 12.0. The third kappa shape index (κ3) is 3.71. The van der Waals surface area contributed by atoms with Crippen LogP contribution in [0.25, 0.3) is 0 Å². The zero-order valence-corrected chi connectivity index (χ0v) is 11.4. The van der Waals surface area contributed by atoms with E-state index in [4.69, 9.17) is 4.74 Å². The zero-order valence-electron chi connectivity index (χ0n) is 11.4. The second-order valence-electron chi connectivity index (χ2n) is 4.58. The van der Waals surface area contributed by atoms with E-state index in [1.807, 2.05) is 6.92 Å². The van der Waals surface area contributed by atoms with Crippen LogP contribution in [0.2, 0.25) is 0 Å². The molecule has 1 unspecified atom stereocenters. The van der Waals surface area contributed by atoms with Crippen molar-refractivity contribution in [3.63, 3.8) is 0 Å². The fourth-order valence-electron chi connectivity index (χ4n) is 1.91. The van der Waals surface area contributed by atoms with Gasteiger partial charge in [-0.1, -0.05) is 19.4 Å². The number of esters is 1. The predicted octanol–water partition coefficient (Wildman–Crippen LogP) is 1.85. The number of carbonyl (C=O) groups excluding carboxylic acids is 2. The molecule has 0 heterocycles. The van der Waals surface area contributed by atoms with Crippen molar-refractivity contribution in [2.45, 2.75) is 32.2 Å². The molecule has 0 saturated carbocycles. The number of amides is 1. The molecule has 0 aliphatic carbocycles. The molecule has 0 spiro atoms. The van der Waals surface area contributed by atoms with Crippen LogP contribution in [-0.2, 0) is 9.53 Å². The number of aromatic hydroxyl groups is 1. The van der Waals surface area contributed by atoms with Crippen molar-refractivity contribution in [1.29, 1.82) is 0 Å². The van der Waals surface area contributed by atoms with Gasteiger partial charge in [0, 0.05) is 5.56 Å². The summed E-state index contributed by atoms with van der Waals surface area (Å²) in [6.45, 7) is 3.55. The lowest BCUT2D eigenvalue weighted by molar-refractivity contribution is -0.147. The lowest BCUT2D eigenvalue weighted by Gasteiger charge is -2.27. The summed E-state index contributed by atoms with van der Waals surface area (Å²) in [4.78, 5) is 23.8. The van der Waals surface area contributed by atoms with E-state index in [2.05, 4.69) is 5.32 Å². The largest absolute Gasteiger partial charge is 0.508 e. The minimum Gasteiger partial charge on any atom is -0.508 e. The van der Waals surface area contributed by atoms with Crippen LogP contribution in [0.3, 0.4) is 0 Å². The van der Waals surface area contributed by atoms with Crippen LogP contribution in [0.4, 0.5) is 0 Å². The van der Waals surface area contributed by atoms with Gasteiger partial charge in [-0.3, -0.25) is 4.79 Å². The fraction of sp³-hybridized carbons (Fsp3) is 0.429. The van der Waals surface area contributed by atoms with Gasteiger partial charge in [0.25, 0.3) is 5.91 Å². The zero-order chi connectivity index (χ0) is 14.5. The van der Waals surface area contributed by atoms with E-state index in [-0.39, 0.29) is 5.75 Å². The highest BCUT2D eigenvalue weighted by atomic mass is 16.5. The maximum atomic E-state index is 12.1. The number of carbonyl (C=O) groups is 2. The lowest BCUT2D eigenvalue weighted by Crippen LogP contribution is -2.52. The van der Waals surface area contributed by atoms with Gasteiger partial charge in [-0.05, 0) is 31.5 Å². The Hall–Kier alpha value is -2.04. The van der Waals surface area contributed by atoms with Crippen molar-refractivity contribution in [1.82, 2.24) is 5.32 Å². The summed E-state index contributed by atoms with van der Waals surface area (Å²) in [5.74, 6) is -0.900. The summed E-state index contributed by atoms with van der Waals surface area (Å²) >= 11 is 0. The molecule has 0 aliphatic rings.